The average molecular weight is 316 g/mol. The zero-order valence-electron chi connectivity index (χ0n) is 13.2. The van der Waals surface area contributed by atoms with Crippen molar-refractivity contribution in [1.29, 1.82) is 0 Å². The molecule has 122 valence electrons. The lowest BCUT2D eigenvalue weighted by Crippen LogP contribution is -2.21. The summed E-state index contributed by atoms with van der Waals surface area (Å²) >= 11 is 0. The number of rotatable bonds is 7. The SMILES string of the molecule is CCCCc1c(C(=O)O)nnn1CC(=O)Nc1cccc(C)c1. The van der Waals surface area contributed by atoms with Crippen LogP contribution in [0.25, 0.3) is 0 Å². The Morgan fingerprint density at radius 3 is 2.78 bits per heavy atom. The number of aromatic carboxylic acids is 1. The Bertz CT molecular complexity index is 709. The molecule has 0 saturated heterocycles. The molecule has 23 heavy (non-hydrogen) atoms. The molecule has 0 saturated carbocycles. The third kappa shape index (κ3) is 4.38. The van der Waals surface area contributed by atoms with E-state index in [1.165, 1.54) is 4.68 Å². The molecule has 7 nitrogen and oxygen atoms in total. The van der Waals surface area contributed by atoms with Crippen LogP contribution < -0.4 is 5.32 Å². The van der Waals surface area contributed by atoms with E-state index in [0.717, 1.165) is 18.4 Å². The summed E-state index contributed by atoms with van der Waals surface area (Å²) in [6, 6.07) is 7.46. The number of carbonyl (C=O) groups excluding carboxylic acids is 1. The van der Waals surface area contributed by atoms with Crippen molar-refractivity contribution >= 4 is 17.6 Å². The molecule has 1 amide bonds. The summed E-state index contributed by atoms with van der Waals surface area (Å²) in [5.74, 6) is -1.39. The van der Waals surface area contributed by atoms with Crippen molar-refractivity contribution in [2.24, 2.45) is 0 Å². The Labute approximate surface area is 134 Å². The van der Waals surface area contributed by atoms with Gasteiger partial charge in [0, 0.05) is 5.69 Å². The average Bonchev–Trinajstić information content (AvgIpc) is 2.87. The first-order chi connectivity index (χ1) is 11.0. The second-order valence-corrected chi connectivity index (χ2v) is 5.37. The maximum atomic E-state index is 12.2. The van der Waals surface area contributed by atoms with Crippen LogP contribution in [0, 0.1) is 6.92 Å². The van der Waals surface area contributed by atoms with E-state index in [4.69, 9.17) is 5.11 Å². The summed E-state index contributed by atoms with van der Waals surface area (Å²) in [6.45, 7) is 3.89. The first-order valence-corrected chi connectivity index (χ1v) is 7.53. The van der Waals surface area contributed by atoms with Gasteiger partial charge in [-0.3, -0.25) is 4.79 Å². The highest BCUT2D eigenvalue weighted by Crippen LogP contribution is 2.12. The van der Waals surface area contributed by atoms with Gasteiger partial charge in [-0.2, -0.15) is 0 Å². The van der Waals surface area contributed by atoms with Crippen molar-refractivity contribution in [3.63, 3.8) is 0 Å². The van der Waals surface area contributed by atoms with Gasteiger partial charge in [-0.15, -0.1) is 5.10 Å². The maximum Gasteiger partial charge on any atom is 0.358 e. The topological polar surface area (TPSA) is 97.1 Å². The van der Waals surface area contributed by atoms with Gasteiger partial charge in [-0.05, 0) is 37.5 Å². The van der Waals surface area contributed by atoms with Crippen molar-refractivity contribution in [3.8, 4) is 0 Å². The van der Waals surface area contributed by atoms with E-state index >= 15 is 0 Å². The van der Waals surface area contributed by atoms with Crippen LogP contribution in [-0.2, 0) is 17.8 Å². The van der Waals surface area contributed by atoms with Crippen molar-refractivity contribution in [3.05, 3.63) is 41.2 Å². The first kappa shape index (κ1) is 16.7. The van der Waals surface area contributed by atoms with Gasteiger partial charge in [-0.1, -0.05) is 30.7 Å². The van der Waals surface area contributed by atoms with Gasteiger partial charge < -0.3 is 10.4 Å². The lowest BCUT2D eigenvalue weighted by molar-refractivity contribution is -0.117. The van der Waals surface area contributed by atoms with E-state index in [1.807, 2.05) is 32.0 Å². The lowest BCUT2D eigenvalue weighted by atomic mass is 10.1. The zero-order valence-corrected chi connectivity index (χ0v) is 13.2. The minimum absolute atomic E-state index is 0.0622. The highest BCUT2D eigenvalue weighted by atomic mass is 16.4. The normalized spacial score (nSPS) is 10.5. The van der Waals surface area contributed by atoms with Gasteiger partial charge in [0.15, 0.2) is 5.69 Å². The number of carbonyl (C=O) groups is 2. The number of anilines is 1. The Kier molecular flexibility index (Phi) is 5.46. The fraction of sp³-hybridized carbons (Fsp3) is 0.375. The predicted molar refractivity (Wildman–Crippen MR) is 85.4 cm³/mol. The van der Waals surface area contributed by atoms with Gasteiger partial charge in [0.2, 0.25) is 5.91 Å². The number of amides is 1. The molecule has 0 spiro atoms. The molecule has 0 bridgehead atoms. The number of carboxylic acids is 1. The van der Waals surface area contributed by atoms with Crippen molar-refractivity contribution in [2.45, 2.75) is 39.7 Å². The molecule has 0 aliphatic rings. The number of aryl methyl sites for hydroxylation is 1. The highest BCUT2D eigenvalue weighted by molar-refractivity contribution is 5.91. The zero-order chi connectivity index (χ0) is 16.8. The van der Waals surface area contributed by atoms with Gasteiger partial charge in [-0.25, -0.2) is 9.48 Å². The summed E-state index contributed by atoms with van der Waals surface area (Å²) in [5.41, 5.74) is 2.14. The largest absolute Gasteiger partial charge is 0.476 e. The molecule has 0 aliphatic carbocycles. The Hall–Kier alpha value is -2.70. The Morgan fingerprint density at radius 1 is 1.35 bits per heavy atom. The second-order valence-electron chi connectivity index (χ2n) is 5.37. The summed E-state index contributed by atoms with van der Waals surface area (Å²) in [6.07, 6.45) is 2.26. The van der Waals surface area contributed by atoms with Crippen molar-refractivity contribution in [2.75, 3.05) is 5.32 Å². The van der Waals surface area contributed by atoms with E-state index in [1.54, 1.807) is 6.07 Å². The molecule has 0 radical (unpaired) electrons. The molecular weight excluding hydrogens is 296 g/mol. The quantitative estimate of drug-likeness (QED) is 0.816. The van der Waals surface area contributed by atoms with E-state index < -0.39 is 5.97 Å². The number of benzene rings is 1. The minimum Gasteiger partial charge on any atom is -0.476 e. The molecule has 0 atom stereocenters. The minimum atomic E-state index is -1.12. The predicted octanol–water partition coefficient (Wildman–Crippen LogP) is 2.27. The third-order valence-electron chi connectivity index (χ3n) is 3.40. The van der Waals surface area contributed by atoms with Gasteiger partial charge >= 0.3 is 5.97 Å². The Balaban J connectivity index is 2.12. The number of hydrogen-bond acceptors (Lipinski definition) is 4. The maximum absolute atomic E-state index is 12.2. The lowest BCUT2D eigenvalue weighted by Gasteiger charge is -2.08. The number of nitrogens with one attached hydrogen (secondary N) is 1. The molecule has 2 rings (SSSR count). The molecular formula is C16H20N4O3. The summed E-state index contributed by atoms with van der Waals surface area (Å²) in [5, 5.41) is 19.4. The van der Waals surface area contributed by atoms with Gasteiger partial charge in [0.25, 0.3) is 0 Å². The van der Waals surface area contributed by atoms with Crippen LogP contribution in [0.5, 0.6) is 0 Å². The Morgan fingerprint density at radius 2 is 2.13 bits per heavy atom. The molecule has 1 heterocycles. The van der Waals surface area contributed by atoms with Crippen molar-refractivity contribution in [1.82, 2.24) is 15.0 Å². The van der Waals surface area contributed by atoms with Crippen LogP contribution >= 0.6 is 0 Å². The van der Waals surface area contributed by atoms with Crippen molar-refractivity contribution < 1.29 is 14.7 Å². The van der Waals surface area contributed by atoms with E-state index in [0.29, 0.717) is 17.8 Å². The van der Waals surface area contributed by atoms with Crippen LogP contribution in [-0.4, -0.2) is 32.0 Å². The van der Waals surface area contributed by atoms with E-state index in [-0.39, 0.29) is 18.1 Å². The fourth-order valence-corrected chi connectivity index (χ4v) is 2.28. The second kappa shape index (κ2) is 7.53. The third-order valence-corrected chi connectivity index (χ3v) is 3.40. The number of carboxylic acid groups (broad SMARTS) is 1. The molecule has 1 aromatic heterocycles. The van der Waals surface area contributed by atoms with Gasteiger partial charge in [0.05, 0.1) is 5.69 Å². The first-order valence-electron chi connectivity index (χ1n) is 7.53. The van der Waals surface area contributed by atoms with Crippen LogP contribution in [0.4, 0.5) is 5.69 Å². The molecule has 7 heteroatoms. The number of aromatic nitrogens is 3. The molecule has 2 aromatic rings. The molecule has 1 aromatic carbocycles. The van der Waals surface area contributed by atoms with Gasteiger partial charge in [0.1, 0.15) is 6.54 Å². The molecule has 0 aliphatic heterocycles. The summed E-state index contributed by atoms with van der Waals surface area (Å²) < 4.78 is 1.37. The van der Waals surface area contributed by atoms with Crippen LogP contribution in [0.1, 0.15) is 41.5 Å². The number of unbranched alkanes of at least 4 members (excludes halogenated alkanes) is 1. The van der Waals surface area contributed by atoms with E-state index in [9.17, 15) is 9.59 Å². The smallest absolute Gasteiger partial charge is 0.358 e. The van der Waals surface area contributed by atoms with Crippen LogP contribution in [0.15, 0.2) is 24.3 Å². The summed E-state index contributed by atoms with van der Waals surface area (Å²) in [4.78, 5) is 23.3. The van der Waals surface area contributed by atoms with Crippen LogP contribution in [0.2, 0.25) is 0 Å². The molecule has 0 fully saturated rings. The van der Waals surface area contributed by atoms with E-state index in [2.05, 4.69) is 15.6 Å². The fourth-order valence-electron chi connectivity index (χ4n) is 2.28. The standard InChI is InChI=1S/C16H20N4O3/c1-3-4-8-13-15(16(22)23)18-19-20(13)10-14(21)17-12-7-5-6-11(2)9-12/h5-7,9H,3-4,8,10H2,1-2H3,(H,17,21)(H,22,23). The molecule has 0 unspecified atom stereocenters. The monoisotopic (exact) mass is 316 g/mol. The summed E-state index contributed by atoms with van der Waals surface area (Å²) in [7, 11) is 0. The van der Waals surface area contributed by atoms with Crippen LogP contribution in [0.3, 0.4) is 0 Å². The number of nitrogens with zero attached hydrogens (tertiary/aromatic N) is 3. The number of hydrogen-bond donors (Lipinski definition) is 2. The molecule has 2 N–H and O–H groups in total. The highest BCUT2D eigenvalue weighted by Gasteiger charge is 2.19.